The number of nitrogens with one attached hydrogen (secondary N) is 1. The smallest absolute Gasteiger partial charge is 0.153 e. The first-order valence-corrected chi connectivity index (χ1v) is 6.45. The Bertz CT molecular complexity index is 595. The maximum atomic E-state index is 11.1. The van der Waals surface area contributed by atoms with Crippen molar-refractivity contribution in [1.29, 1.82) is 0 Å². The van der Waals surface area contributed by atoms with Crippen LogP contribution in [0, 0.1) is 13.8 Å². The molecule has 1 heterocycles. The van der Waals surface area contributed by atoms with Crippen LogP contribution in [0.25, 0.3) is 11.3 Å². The zero-order chi connectivity index (χ0) is 14.2. The van der Waals surface area contributed by atoms with Gasteiger partial charge in [0, 0.05) is 5.56 Å². The number of hydrogen-bond donors (Lipinski definition) is 1. The molecule has 0 saturated heterocycles. The van der Waals surface area contributed by atoms with Gasteiger partial charge in [0.25, 0.3) is 0 Å². The molecule has 0 radical (unpaired) electrons. The Morgan fingerprint density at radius 3 is 2.21 bits per heavy atom. The lowest BCUT2D eigenvalue weighted by molar-refractivity contribution is 0.112. The Morgan fingerprint density at radius 1 is 1.16 bits per heavy atom. The summed E-state index contributed by atoms with van der Waals surface area (Å²) < 4.78 is 0. The van der Waals surface area contributed by atoms with Gasteiger partial charge >= 0.3 is 0 Å². The van der Waals surface area contributed by atoms with Crippen molar-refractivity contribution in [3.8, 4) is 11.3 Å². The van der Waals surface area contributed by atoms with Gasteiger partial charge in [-0.3, -0.25) is 9.89 Å². The van der Waals surface area contributed by atoms with E-state index in [2.05, 4.69) is 56.9 Å². The van der Waals surface area contributed by atoms with Gasteiger partial charge in [0.15, 0.2) is 6.29 Å². The summed E-state index contributed by atoms with van der Waals surface area (Å²) in [6, 6.07) is 4.38. The number of hydrogen-bond acceptors (Lipinski definition) is 2. The predicted octanol–water partition coefficient (Wildman–Crippen LogP) is 3.80. The minimum Gasteiger partial charge on any atom is -0.298 e. The van der Waals surface area contributed by atoms with Gasteiger partial charge in [0.2, 0.25) is 0 Å². The van der Waals surface area contributed by atoms with Crippen LogP contribution in [0.15, 0.2) is 18.3 Å². The molecule has 0 aliphatic heterocycles. The van der Waals surface area contributed by atoms with Crippen LogP contribution in [0.5, 0.6) is 0 Å². The van der Waals surface area contributed by atoms with Gasteiger partial charge in [-0.25, -0.2) is 0 Å². The lowest BCUT2D eigenvalue weighted by Crippen LogP contribution is -2.12. The Hall–Kier alpha value is -1.90. The monoisotopic (exact) mass is 256 g/mol. The maximum absolute atomic E-state index is 11.1. The number of aryl methyl sites for hydroxylation is 2. The van der Waals surface area contributed by atoms with E-state index in [9.17, 15) is 4.79 Å². The Kier molecular flexibility index (Phi) is 3.31. The third kappa shape index (κ3) is 2.46. The van der Waals surface area contributed by atoms with Crippen molar-refractivity contribution in [3.63, 3.8) is 0 Å². The summed E-state index contributed by atoms with van der Waals surface area (Å²) in [5.41, 5.74) is 6.25. The summed E-state index contributed by atoms with van der Waals surface area (Å²) in [6.45, 7) is 10.8. The standard InChI is InChI=1S/C16H20N2O/c1-10-6-13(16(3,4)5)7-11(2)14(10)15-12(9-19)8-17-18-15/h6-9H,1-5H3,(H,17,18). The third-order valence-corrected chi connectivity index (χ3v) is 3.44. The van der Waals surface area contributed by atoms with E-state index < -0.39 is 0 Å². The molecule has 2 aromatic rings. The van der Waals surface area contributed by atoms with E-state index in [1.807, 2.05) is 0 Å². The van der Waals surface area contributed by atoms with Crippen LogP contribution in [0.1, 0.15) is 47.8 Å². The molecule has 0 bridgehead atoms. The van der Waals surface area contributed by atoms with Crippen LogP contribution in [-0.4, -0.2) is 16.5 Å². The van der Waals surface area contributed by atoms with Crippen molar-refractivity contribution in [2.24, 2.45) is 0 Å². The number of aromatic amines is 1. The lowest BCUT2D eigenvalue weighted by Gasteiger charge is -2.22. The summed E-state index contributed by atoms with van der Waals surface area (Å²) in [5.74, 6) is 0. The molecule has 1 aromatic heterocycles. The number of aromatic nitrogens is 2. The van der Waals surface area contributed by atoms with Crippen LogP contribution in [0.4, 0.5) is 0 Å². The fourth-order valence-corrected chi connectivity index (χ4v) is 2.38. The van der Waals surface area contributed by atoms with Gasteiger partial charge in [-0.15, -0.1) is 0 Å². The summed E-state index contributed by atoms with van der Waals surface area (Å²) >= 11 is 0. The Morgan fingerprint density at radius 2 is 1.74 bits per heavy atom. The molecule has 0 fully saturated rings. The highest BCUT2D eigenvalue weighted by atomic mass is 16.1. The summed E-state index contributed by atoms with van der Waals surface area (Å²) in [4.78, 5) is 11.1. The van der Waals surface area contributed by atoms with Crippen molar-refractivity contribution in [2.45, 2.75) is 40.0 Å². The summed E-state index contributed by atoms with van der Waals surface area (Å²) in [7, 11) is 0. The molecule has 100 valence electrons. The number of rotatable bonds is 2. The molecule has 3 heteroatoms. The van der Waals surface area contributed by atoms with Gasteiger partial charge in [0.1, 0.15) is 0 Å². The molecular formula is C16H20N2O. The highest BCUT2D eigenvalue weighted by molar-refractivity contribution is 5.87. The molecule has 2 rings (SSSR count). The number of aldehydes is 1. The van der Waals surface area contributed by atoms with Crippen molar-refractivity contribution >= 4 is 6.29 Å². The summed E-state index contributed by atoms with van der Waals surface area (Å²) in [6.07, 6.45) is 2.41. The van der Waals surface area contributed by atoms with E-state index in [1.165, 1.54) is 5.56 Å². The summed E-state index contributed by atoms with van der Waals surface area (Å²) in [5, 5.41) is 6.90. The first-order chi connectivity index (χ1) is 8.84. The molecule has 0 aliphatic rings. The predicted molar refractivity (Wildman–Crippen MR) is 77.6 cm³/mol. The molecular weight excluding hydrogens is 236 g/mol. The number of nitrogens with zero attached hydrogens (tertiary/aromatic N) is 1. The first kappa shape index (κ1) is 13.5. The molecule has 0 atom stereocenters. The van der Waals surface area contributed by atoms with Crippen molar-refractivity contribution < 1.29 is 4.79 Å². The van der Waals surface area contributed by atoms with Gasteiger partial charge < -0.3 is 0 Å². The topological polar surface area (TPSA) is 45.8 Å². The normalized spacial score (nSPS) is 11.6. The van der Waals surface area contributed by atoms with E-state index >= 15 is 0 Å². The van der Waals surface area contributed by atoms with Crippen molar-refractivity contribution in [1.82, 2.24) is 10.2 Å². The number of carbonyl (C=O) groups is 1. The molecule has 1 aromatic carbocycles. The van der Waals surface area contributed by atoms with E-state index in [0.717, 1.165) is 28.7 Å². The van der Waals surface area contributed by atoms with Gasteiger partial charge in [-0.2, -0.15) is 5.10 Å². The number of benzene rings is 1. The van der Waals surface area contributed by atoms with Crippen LogP contribution in [0.3, 0.4) is 0 Å². The van der Waals surface area contributed by atoms with Crippen LogP contribution >= 0.6 is 0 Å². The minimum absolute atomic E-state index is 0.121. The third-order valence-electron chi connectivity index (χ3n) is 3.44. The number of carbonyl (C=O) groups excluding carboxylic acids is 1. The minimum atomic E-state index is 0.121. The van der Waals surface area contributed by atoms with Gasteiger partial charge in [-0.05, 0) is 36.0 Å². The second kappa shape index (κ2) is 4.65. The quantitative estimate of drug-likeness (QED) is 0.831. The zero-order valence-electron chi connectivity index (χ0n) is 12.2. The largest absolute Gasteiger partial charge is 0.298 e. The lowest BCUT2D eigenvalue weighted by atomic mass is 9.83. The van der Waals surface area contributed by atoms with Crippen molar-refractivity contribution in [2.75, 3.05) is 0 Å². The second-order valence-electron chi connectivity index (χ2n) is 6.05. The van der Waals surface area contributed by atoms with Crippen LogP contribution in [0.2, 0.25) is 0 Å². The average Bonchev–Trinajstić information content (AvgIpc) is 2.75. The average molecular weight is 256 g/mol. The number of H-pyrrole nitrogens is 1. The highest BCUT2D eigenvalue weighted by Crippen LogP contribution is 2.32. The van der Waals surface area contributed by atoms with Crippen molar-refractivity contribution in [3.05, 3.63) is 40.6 Å². The molecule has 0 aliphatic carbocycles. The van der Waals surface area contributed by atoms with E-state index in [-0.39, 0.29) is 5.41 Å². The fraction of sp³-hybridized carbons (Fsp3) is 0.375. The van der Waals surface area contributed by atoms with Crippen LogP contribution in [-0.2, 0) is 5.41 Å². The molecule has 0 amide bonds. The van der Waals surface area contributed by atoms with E-state index in [4.69, 9.17) is 0 Å². The molecule has 3 nitrogen and oxygen atoms in total. The zero-order valence-corrected chi connectivity index (χ0v) is 12.2. The van der Waals surface area contributed by atoms with E-state index in [1.54, 1.807) is 6.20 Å². The second-order valence-corrected chi connectivity index (χ2v) is 6.05. The van der Waals surface area contributed by atoms with Gasteiger partial charge in [0.05, 0.1) is 17.5 Å². The Labute approximate surface area is 114 Å². The molecule has 1 N–H and O–H groups in total. The van der Waals surface area contributed by atoms with Crippen LogP contribution < -0.4 is 0 Å². The SMILES string of the molecule is Cc1cc(C(C)(C)C)cc(C)c1-c1[nH]ncc1C=O. The molecule has 0 spiro atoms. The molecule has 0 unspecified atom stereocenters. The van der Waals surface area contributed by atoms with Gasteiger partial charge in [-0.1, -0.05) is 32.9 Å². The Balaban J connectivity index is 2.64. The molecule has 0 saturated carbocycles. The molecule has 19 heavy (non-hydrogen) atoms. The maximum Gasteiger partial charge on any atom is 0.153 e. The fourth-order valence-electron chi connectivity index (χ4n) is 2.38. The highest BCUT2D eigenvalue weighted by Gasteiger charge is 2.18. The van der Waals surface area contributed by atoms with E-state index in [0.29, 0.717) is 5.56 Å². The first-order valence-electron chi connectivity index (χ1n) is 6.45.